The third-order valence-corrected chi connectivity index (χ3v) is 11.3. The maximum absolute atomic E-state index is 5.32. The van der Waals surface area contributed by atoms with Gasteiger partial charge in [-0.05, 0) is 56.9 Å². The SMILES string of the molecule is c1ccc(-c2ccc(-c3nc(-c4ccccc4)nc(-n4c5ccccc5c5cccc(-n6c7cccc8c9ccccc9c9cccc6c9c87)c54)n3)cc2)cc1. The molecule has 0 N–H and O–H groups in total. The van der Waals surface area contributed by atoms with E-state index in [9.17, 15) is 0 Å². The summed E-state index contributed by atoms with van der Waals surface area (Å²) in [6.45, 7) is 0. The zero-order chi connectivity index (χ0) is 36.7. The van der Waals surface area contributed by atoms with Crippen LogP contribution < -0.4 is 0 Å². The van der Waals surface area contributed by atoms with Crippen molar-refractivity contribution in [3.63, 3.8) is 0 Å². The van der Waals surface area contributed by atoms with Crippen molar-refractivity contribution >= 4 is 65.2 Å². The monoisotopic (exact) mass is 713 g/mol. The molecule has 3 aromatic heterocycles. The van der Waals surface area contributed by atoms with E-state index in [1.807, 2.05) is 24.3 Å². The van der Waals surface area contributed by atoms with Crippen molar-refractivity contribution in [3.05, 3.63) is 188 Å². The maximum atomic E-state index is 5.32. The van der Waals surface area contributed by atoms with Gasteiger partial charge < -0.3 is 4.57 Å². The lowest BCUT2D eigenvalue weighted by atomic mass is 9.95. The first-order valence-electron chi connectivity index (χ1n) is 19.0. The van der Waals surface area contributed by atoms with Crippen LogP contribution in [0.5, 0.6) is 0 Å². The fraction of sp³-hybridized carbons (Fsp3) is 0. The molecule has 3 heterocycles. The van der Waals surface area contributed by atoms with Gasteiger partial charge in [0.05, 0.1) is 27.8 Å². The Bertz CT molecular complexity index is 3370. The van der Waals surface area contributed by atoms with E-state index in [0.29, 0.717) is 17.6 Å². The fourth-order valence-corrected chi connectivity index (χ4v) is 8.91. The van der Waals surface area contributed by atoms with Gasteiger partial charge in [0.1, 0.15) is 0 Å². The standard InChI is InChI=1S/C51H31N5/c1-3-14-32(15-4-1)33-28-30-35(31-29-33)50-52-49(34-16-5-2-6-17-34)53-51(54-50)56-42-24-10-9-20-38(42)41-23-13-27-45(48(41)56)55-43-25-11-21-39-36-18-7-8-19-37(36)40-22-12-26-44(55)47(40)46(39)43/h1-31H. The van der Waals surface area contributed by atoms with Crippen molar-refractivity contribution < 1.29 is 0 Å². The Hall–Kier alpha value is -7.63. The van der Waals surface area contributed by atoms with Crippen LogP contribution in [0.15, 0.2) is 188 Å². The minimum atomic E-state index is 0.568. The Balaban J connectivity index is 1.17. The molecule has 0 unspecified atom stereocenters. The zero-order valence-corrected chi connectivity index (χ0v) is 30.1. The summed E-state index contributed by atoms with van der Waals surface area (Å²) < 4.78 is 4.69. The van der Waals surface area contributed by atoms with E-state index in [1.165, 1.54) is 48.9 Å². The van der Waals surface area contributed by atoms with Crippen molar-refractivity contribution in [3.8, 4) is 45.5 Å². The molecule has 0 fully saturated rings. The van der Waals surface area contributed by atoms with Gasteiger partial charge >= 0.3 is 0 Å². The first-order valence-corrected chi connectivity index (χ1v) is 19.0. The molecule has 12 rings (SSSR count). The molecular formula is C51H31N5. The fourth-order valence-electron chi connectivity index (χ4n) is 8.91. The summed E-state index contributed by atoms with van der Waals surface area (Å²) in [6.07, 6.45) is 0. The van der Waals surface area contributed by atoms with Gasteiger partial charge in [0.2, 0.25) is 5.95 Å². The van der Waals surface area contributed by atoms with Crippen molar-refractivity contribution in [1.29, 1.82) is 0 Å². The highest BCUT2D eigenvalue weighted by Crippen LogP contribution is 2.45. The van der Waals surface area contributed by atoms with Crippen LogP contribution in [-0.4, -0.2) is 24.1 Å². The van der Waals surface area contributed by atoms with Gasteiger partial charge in [0.25, 0.3) is 0 Å². The minimum Gasteiger partial charge on any atom is -0.307 e. The van der Waals surface area contributed by atoms with E-state index in [0.717, 1.165) is 44.2 Å². The second-order valence-corrected chi connectivity index (χ2v) is 14.4. The van der Waals surface area contributed by atoms with Crippen LogP contribution in [0.4, 0.5) is 0 Å². The summed E-state index contributed by atoms with van der Waals surface area (Å²) in [4.78, 5) is 15.7. The number of hydrogen-bond donors (Lipinski definition) is 0. The summed E-state index contributed by atoms with van der Waals surface area (Å²) in [5.41, 5.74) is 9.64. The second kappa shape index (κ2) is 11.9. The topological polar surface area (TPSA) is 48.5 Å². The highest BCUT2D eigenvalue weighted by Gasteiger charge is 2.24. The predicted octanol–water partition coefficient (Wildman–Crippen LogP) is 12.8. The number of fused-ring (bicyclic) bond motifs is 6. The zero-order valence-electron chi connectivity index (χ0n) is 30.1. The molecular weight excluding hydrogens is 683 g/mol. The van der Waals surface area contributed by atoms with Gasteiger partial charge in [-0.1, -0.05) is 164 Å². The van der Waals surface area contributed by atoms with Gasteiger partial charge in [-0.15, -0.1) is 0 Å². The number of para-hydroxylation sites is 2. The van der Waals surface area contributed by atoms with E-state index in [4.69, 9.17) is 15.0 Å². The molecule has 0 aliphatic rings. The molecule has 0 bridgehead atoms. The summed E-state index contributed by atoms with van der Waals surface area (Å²) in [5, 5.41) is 9.90. The molecule has 0 amide bonds. The largest absolute Gasteiger partial charge is 0.307 e. The molecule has 0 radical (unpaired) electrons. The van der Waals surface area contributed by atoms with Crippen molar-refractivity contribution in [2.75, 3.05) is 0 Å². The van der Waals surface area contributed by atoms with Crippen LogP contribution in [0.25, 0.3) is 111 Å². The summed E-state index contributed by atoms with van der Waals surface area (Å²) in [6, 6.07) is 66.6. The van der Waals surface area contributed by atoms with Crippen molar-refractivity contribution in [2.24, 2.45) is 0 Å². The smallest absolute Gasteiger partial charge is 0.238 e. The van der Waals surface area contributed by atoms with Crippen LogP contribution in [0.2, 0.25) is 0 Å². The minimum absolute atomic E-state index is 0.568. The number of rotatable bonds is 5. The van der Waals surface area contributed by atoms with Gasteiger partial charge in [0, 0.05) is 32.7 Å². The number of benzene rings is 9. The molecule has 0 aliphatic carbocycles. The van der Waals surface area contributed by atoms with E-state index in [2.05, 4.69) is 173 Å². The van der Waals surface area contributed by atoms with E-state index in [-0.39, 0.29) is 0 Å². The summed E-state index contributed by atoms with van der Waals surface area (Å²) in [5.74, 6) is 1.81. The van der Waals surface area contributed by atoms with Crippen LogP contribution in [0.3, 0.4) is 0 Å². The Labute approximate surface area is 321 Å². The molecule has 260 valence electrons. The van der Waals surface area contributed by atoms with Crippen LogP contribution in [0.1, 0.15) is 0 Å². The molecule has 5 heteroatoms. The van der Waals surface area contributed by atoms with E-state index >= 15 is 0 Å². The van der Waals surface area contributed by atoms with Crippen LogP contribution >= 0.6 is 0 Å². The third kappa shape index (κ3) is 4.46. The molecule has 0 atom stereocenters. The Kier molecular flexibility index (Phi) is 6.56. The Morgan fingerprint density at radius 1 is 0.286 bits per heavy atom. The highest BCUT2D eigenvalue weighted by molar-refractivity contribution is 6.34. The van der Waals surface area contributed by atoms with E-state index < -0.39 is 0 Å². The summed E-state index contributed by atoms with van der Waals surface area (Å²) >= 11 is 0. The number of nitrogens with zero attached hydrogens (tertiary/aromatic N) is 5. The molecule has 0 saturated heterocycles. The Morgan fingerprint density at radius 3 is 1.38 bits per heavy atom. The molecule has 0 aliphatic heterocycles. The lowest BCUT2D eigenvalue weighted by Crippen LogP contribution is -2.08. The average Bonchev–Trinajstić information content (AvgIpc) is 3.80. The van der Waals surface area contributed by atoms with Gasteiger partial charge in [-0.2, -0.15) is 9.97 Å². The average molecular weight is 714 g/mol. The molecule has 12 aromatic rings. The lowest BCUT2D eigenvalue weighted by Gasteiger charge is -2.15. The predicted molar refractivity (Wildman–Crippen MR) is 231 cm³/mol. The van der Waals surface area contributed by atoms with Crippen LogP contribution in [0, 0.1) is 0 Å². The van der Waals surface area contributed by atoms with Gasteiger partial charge in [0.15, 0.2) is 11.6 Å². The number of hydrogen-bond acceptors (Lipinski definition) is 3. The van der Waals surface area contributed by atoms with Crippen molar-refractivity contribution in [2.45, 2.75) is 0 Å². The van der Waals surface area contributed by atoms with E-state index in [1.54, 1.807) is 0 Å². The van der Waals surface area contributed by atoms with Crippen LogP contribution in [-0.2, 0) is 0 Å². The molecule has 56 heavy (non-hydrogen) atoms. The lowest BCUT2D eigenvalue weighted by molar-refractivity contribution is 0.950. The molecule has 5 nitrogen and oxygen atoms in total. The number of aromatic nitrogens is 5. The van der Waals surface area contributed by atoms with Crippen molar-refractivity contribution in [1.82, 2.24) is 24.1 Å². The Morgan fingerprint density at radius 2 is 0.732 bits per heavy atom. The normalized spacial score (nSPS) is 11.9. The quantitative estimate of drug-likeness (QED) is 0.167. The molecule has 0 saturated carbocycles. The molecule has 0 spiro atoms. The molecule has 9 aromatic carbocycles. The summed E-state index contributed by atoms with van der Waals surface area (Å²) in [7, 11) is 0. The van der Waals surface area contributed by atoms with Gasteiger partial charge in [-0.3, -0.25) is 4.57 Å². The van der Waals surface area contributed by atoms with Gasteiger partial charge in [-0.25, -0.2) is 4.98 Å². The first-order chi connectivity index (χ1) is 27.8. The first kappa shape index (κ1) is 30.8. The second-order valence-electron chi connectivity index (χ2n) is 14.4. The highest BCUT2D eigenvalue weighted by atomic mass is 15.2. The maximum Gasteiger partial charge on any atom is 0.238 e. The third-order valence-electron chi connectivity index (χ3n) is 11.3.